The van der Waals surface area contributed by atoms with Crippen LogP contribution in [0.15, 0.2) is 41.7 Å². The molecule has 0 unspecified atom stereocenters. The highest BCUT2D eigenvalue weighted by Crippen LogP contribution is 2.11. The fraction of sp³-hybridized carbons (Fsp3) is 0.474. The SMILES string of the molecule is CCOCCCNC(=NCc1ccc(OC)cc1)NCCn1cc([N+](=O)[O-])cn1.I. The van der Waals surface area contributed by atoms with Gasteiger partial charge >= 0.3 is 5.69 Å². The van der Waals surface area contributed by atoms with Gasteiger partial charge in [0.05, 0.1) is 25.1 Å². The first-order valence-corrected chi connectivity index (χ1v) is 9.52. The highest BCUT2D eigenvalue weighted by atomic mass is 127. The van der Waals surface area contributed by atoms with Crippen LogP contribution in [0.5, 0.6) is 5.75 Å². The van der Waals surface area contributed by atoms with Crippen LogP contribution >= 0.6 is 24.0 Å². The molecule has 0 bridgehead atoms. The molecule has 0 radical (unpaired) electrons. The molecule has 11 heteroatoms. The van der Waals surface area contributed by atoms with Crippen molar-refractivity contribution in [2.45, 2.75) is 26.4 Å². The maximum Gasteiger partial charge on any atom is 0.306 e. The van der Waals surface area contributed by atoms with E-state index in [0.29, 0.717) is 38.8 Å². The van der Waals surface area contributed by atoms with E-state index in [1.807, 2.05) is 31.2 Å². The molecule has 2 rings (SSSR count). The van der Waals surface area contributed by atoms with Crippen molar-refractivity contribution in [1.82, 2.24) is 20.4 Å². The van der Waals surface area contributed by atoms with Crippen LogP contribution in [-0.2, 0) is 17.8 Å². The van der Waals surface area contributed by atoms with E-state index >= 15 is 0 Å². The summed E-state index contributed by atoms with van der Waals surface area (Å²) in [6.07, 6.45) is 3.51. The summed E-state index contributed by atoms with van der Waals surface area (Å²) < 4.78 is 12.0. The molecule has 2 aromatic rings. The molecule has 0 aliphatic rings. The van der Waals surface area contributed by atoms with E-state index < -0.39 is 4.92 Å². The molecule has 0 aliphatic carbocycles. The van der Waals surface area contributed by atoms with Crippen molar-refractivity contribution in [1.29, 1.82) is 0 Å². The first-order valence-electron chi connectivity index (χ1n) is 9.52. The van der Waals surface area contributed by atoms with E-state index in [1.165, 1.54) is 17.1 Å². The number of nitrogens with one attached hydrogen (secondary N) is 2. The minimum Gasteiger partial charge on any atom is -0.497 e. The molecule has 1 aromatic carbocycles. The maximum absolute atomic E-state index is 10.7. The van der Waals surface area contributed by atoms with Crippen molar-refractivity contribution < 1.29 is 14.4 Å². The molecular formula is C19H29IN6O4. The van der Waals surface area contributed by atoms with Gasteiger partial charge in [-0.3, -0.25) is 14.8 Å². The quantitative estimate of drug-likeness (QED) is 0.108. The second-order valence-electron chi connectivity index (χ2n) is 6.14. The number of hydrogen-bond acceptors (Lipinski definition) is 6. The molecule has 0 spiro atoms. The van der Waals surface area contributed by atoms with Crippen LogP contribution in [-0.4, -0.2) is 54.1 Å². The lowest BCUT2D eigenvalue weighted by atomic mass is 10.2. The molecule has 0 aliphatic heterocycles. The zero-order chi connectivity index (χ0) is 20.9. The second-order valence-corrected chi connectivity index (χ2v) is 6.14. The molecule has 10 nitrogen and oxygen atoms in total. The zero-order valence-corrected chi connectivity index (χ0v) is 19.6. The number of ether oxygens (including phenoxy) is 2. The number of aromatic nitrogens is 2. The smallest absolute Gasteiger partial charge is 0.306 e. The van der Waals surface area contributed by atoms with Gasteiger partial charge in [0.25, 0.3) is 0 Å². The number of halogens is 1. The Labute approximate surface area is 193 Å². The molecule has 1 heterocycles. The molecule has 0 amide bonds. The lowest BCUT2D eigenvalue weighted by molar-refractivity contribution is -0.385. The first-order chi connectivity index (χ1) is 14.1. The van der Waals surface area contributed by atoms with E-state index in [-0.39, 0.29) is 29.7 Å². The Balaban J connectivity index is 0.00000450. The summed E-state index contributed by atoms with van der Waals surface area (Å²) in [6.45, 7) is 5.60. The first kappa shape index (κ1) is 25.6. The Hall–Kier alpha value is -2.41. The molecule has 0 fully saturated rings. The Morgan fingerprint density at radius 3 is 2.63 bits per heavy atom. The van der Waals surface area contributed by atoms with Gasteiger partial charge in [0, 0.05) is 26.3 Å². The Kier molecular flexibility index (Phi) is 12.4. The summed E-state index contributed by atoms with van der Waals surface area (Å²) in [7, 11) is 1.63. The topological polar surface area (TPSA) is 116 Å². The lowest BCUT2D eigenvalue weighted by Gasteiger charge is -2.13. The van der Waals surface area contributed by atoms with Gasteiger partial charge in [-0.15, -0.1) is 24.0 Å². The van der Waals surface area contributed by atoms with Crippen molar-refractivity contribution in [2.75, 3.05) is 33.4 Å². The van der Waals surface area contributed by atoms with Crippen molar-refractivity contribution in [2.24, 2.45) is 4.99 Å². The number of aliphatic imine (C=N–C) groups is 1. The summed E-state index contributed by atoms with van der Waals surface area (Å²) in [5.41, 5.74) is 1.04. The van der Waals surface area contributed by atoms with Crippen LogP contribution in [0.1, 0.15) is 18.9 Å². The van der Waals surface area contributed by atoms with Crippen LogP contribution < -0.4 is 15.4 Å². The summed E-state index contributed by atoms with van der Waals surface area (Å²) in [5.74, 6) is 1.47. The van der Waals surface area contributed by atoms with E-state index in [4.69, 9.17) is 9.47 Å². The van der Waals surface area contributed by atoms with Crippen LogP contribution in [0.2, 0.25) is 0 Å². The van der Waals surface area contributed by atoms with Crippen LogP contribution in [0.25, 0.3) is 0 Å². The summed E-state index contributed by atoms with van der Waals surface area (Å²) >= 11 is 0. The van der Waals surface area contributed by atoms with Gasteiger partial charge in [-0.2, -0.15) is 5.10 Å². The molecule has 0 saturated carbocycles. The number of hydrogen-bond donors (Lipinski definition) is 2. The maximum atomic E-state index is 10.7. The van der Waals surface area contributed by atoms with Gasteiger partial charge in [-0.25, -0.2) is 4.99 Å². The Bertz CT molecular complexity index is 782. The van der Waals surface area contributed by atoms with E-state index in [1.54, 1.807) is 7.11 Å². The predicted octanol–water partition coefficient (Wildman–Crippen LogP) is 2.58. The average Bonchev–Trinajstić information content (AvgIpc) is 3.21. The third kappa shape index (κ3) is 9.39. The number of guanidine groups is 1. The zero-order valence-electron chi connectivity index (χ0n) is 17.2. The molecule has 0 atom stereocenters. The second kappa shape index (κ2) is 14.6. The molecule has 1 aromatic heterocycles. The third-order valence-electron chi connectivity index (χ3n) is 4.00. The van der Waals surface area contributed by atoms with Crippen molar-refractivity contribution >= 4 is 35.6 Å². The number of benzene rings is 1. The standard InChI is InChI=1S/C19H28N6O4.HI/c1-3-29-12-4-9-20-19(22-13-16-5-7-18(28-2)8-6-16)21-10-11-24-15-17(14-23-24)25(26)27;/h5-8,14-15H,3-4,9-13H2,1-2H3,(H2,20,21,22);1H. The van der Waals surface area contributed by atoms with Crippen molar-refractivity contribution in [3.05, 3.63) is 52.3 Å². The normalized spacial score (nSPS) is 10.9. The molecule has 2 N–H and O–H groups in total. The number of rotatable bonds is 12. The lowest BCUT2D eigenvalue weighted by Crippen LogP contribution is -2.39. The van der Waals surface area contributed by atoms with E-state index in [2.05, 4.69) is 20.7 Å². The molecule has 30 heavy (non-hydrogen) atoms. The van der Waals surface area contributed by atoms with E-state index in [0.717, 1.165) is 24.3 Å². The minimum absolute atomic E-state index is 0. The van der Waals surface area contributed by atoms with Crippen molar-refractivity contribution in [3.8, 4) is 5.75 Å². The van der Waals surface area contributed by atoms with Gasteiger partial charge in [-0.1, -0.05) is 12.1 Å². The fourth-order valence-electron chi connectivity index (χ4n) is 2.46. The fourth-order valence-corrected chi connectivity index (χ4v) is 2.46. The van der Waals surface area contributed by atoms with Crippen LogP contribution in [0, 0.1) is 10.1 Å². The minimum atomic E-state index is -0.460. The van der Waals surface area contributed by atoms with Gasteiger partial charge in [0.2, 0.25) is 0 Å². The molecule has 166 valence electrons. The van der Waals surface area contributed by atoms with Crippen LogP contribution in [0.4, 0.5) is 5.69 Å². The largest absolute Gasteiger partial charge is 0.497 e. The molecule has 0 saturated heterocycles. The number of nitro groups is 1. The van der Waals surface area contributed by atoms with Crippen LogP contribution in [0.3, 0.4) is 0 Å². The number of nitrogens with zero attached hydrogens (tertiary/aromatic N) is 4. The predicted molar refractivity (Wildman–Crippen MR) is 126 cm³/mol. The summed E-state index contributed by atoms with van der Waals surface area (Å²) in [6, 6.07) is 7.74. The van der Waals surface area contributed by atoms with Gasteiger partial charge in [-0.05, 0) is 31.0 Å². The molecular weight excluding hydrogens is 503 g/mol. The highest BCUT2D eigenvalue weighted by Gasteiger charge is 2.08. The third-order valence-corrected chi connectivity index (χ3v) is 4.00. The summed E-state index contributed by atoms with van der Waals surface area (Å²) in [4.78, 5) is 14.9. The highest BCUT2D eigenvalue weighted by molar-refractivity contribution is 14.0. The van der Waals surface area contributed by atoms with Gasteiger partial charge in [0.1, 0.15) is 18.1 Å². The van der Waals surface area contributed by atoms with Crippen molar-refractivity contribution in [3.63, 3.8) is 0 Å². The Morgan fingerprint density at radius 2 is 2.00 bits per heavy atom. The van der Waals surface area contributed by atoms with Gasteiger partial charge < -0.3 is 20.1 Å². The number of methoxy groups -OCH3 is 1. The Morgan fingerprint density at radius 1 is 1.27 bits per heavy atom. The average molecular weight is 532 g/mol. The monoisotopic (exact) mass is 532 g/mol. The summed E-state index contributed by atoms with van der Waals surface area (Å²) in [5, 5.41) is 21.2. The van der Waals surface area contributed by atoms with Gasteiger partial charge in [0.15, 0.2) is 5.96 Å². The van der Waals surface area contributed by atoms with E-state index in [9.17, 15) is 10.1 Å².